The molecule has 2 rings (SSSR count). The average molecular weight is 299 g/mol. The fourth-order valence-electron chi connectivity index (χ4n) is 1.74. The highest BCUT2D eigenvalue weighted by molar-refractivity contribution is 7.16. The van der Waals surface area contributed by atoms with Crippen LogP contribution in [-0.4, -0.2) is 28.1 Å². The van der Waals surface area contributed by atoms with Gasteiger partial charge in [-0.3, -0.25) is 9.89 Å². The van der Waals surface area contributed by atoms with Gasteiger partial charge in [-0.2, -0.15) is 5.10 Å². The number of H-pyrrole nitrogens is 1. The molecule has 7 heteroatoms. The summed E-state index contributed by atoms with van der Waals surface area (Å²) in [4.78, 5) is 14.8. The highest BCUT2D eigenvalue weighted by atomic mass is 35.5. The van der Waals surface area contributed by atoms with Crippen LogP contribution in [0.1, 0.15) is 28.0 Å². The van der Waals surface area contributed by atoms with E-state index in [1.165, 1.54) is 11.3 Å². The van der Waals surface area contributed by atoms with Gasteiger partial charge >= 0.3 is 0 Å². The van der Waals surface area contributed by atoms with Gasteiger partial charge in [0.05, 0.1) is 22.3 Å². The van der Waals surface area contributed by atoms with Gasteiger partial charge in [0, 0.05) is 11.9 Å². The Hall–Kier alpha value is -1.53. The number of aryl methyl sites for hydroxylation is 1. The highest BCUT2D eigenvalue weighted by Gasteiger charge is 2.20. The molecule has 0 saturated heterocycles. The predicted octanol–water partition coefficient (Wildman–Crippen LogP) is 2.54. The van der Waals surface area contributed by atoms with Crippen LogP contribution < -0.4 is 5.73 Å². The van der Waals surface area contributed by atoms with Crippen molar-refractivity contribution in [3.63, 3.8) is 0 Å². The Morgan fingerprint density at radius 2 is 2.32 bits per heavy atom. The number of carbonyl (C=O) groups is 1. The number of anilines is 1. The molecule has 3 N–H and O–H groups in total. The molecule has 2 aromatic heterocycles. The van der Waals surface area contributed by atoms with E-state index >= 15 is 0 Å². The Morgan fingerprint density at radius 3 is 2.84 bits per heavy atom. The summed E-state index contributed by atoms with van der Waals surface area (Å²) in [6.45, 7) is 2.44. The first-order valence-electron chi connectivity index (χ1n) is 5.85. The maximum absolute atomic E-state index is 12.2. The van der Waals surface area contributed by atoms with Gasteiger partial charge in [0.1, 0.15) is 0 Å². The number of carbonyl (C=O) groups excluding carboxylic acids is 1. The van der Waals surface area contributed by atoms with Crippen molar-refractivity contribution < 1.29 is 4.79 Å². The third-order valence-electron chi connectivity index (χ3n) is 2.81. The van der Waals surface area contributed by atoms with E-state index in [0.29, 0.717) is 16.6 Å². The Bertz CT molecular complexity index is 592. The van der Waals surface area contributed by atoms with Crippen molar-refractivity contribution in [3.05, 3.63) is 32.7 Å². The SMILES string of the molecule is CCc1[nH]nc(C(=O)N(C)Cc2ccc(Cl)s2)c1N. The molecule has 2 aromatic rings. The van der Waals surface area contributed by atoms with Crippen LogP contribution in [0.5, 0.6) is 0 Å². The summed E-state index contributed by atoms with van der Waals surface area (Å²) in [5, 5.41) is 6.78. The molecule has 0 spiro atoms. The van der Waals surface area contributed by atoms with Crippen LogP contribution in [0.2, 0.25) is 4.34 Å². The van der Waals surface area contributed by atoms with Crippen LogP contribution in [0, 0.1) is 0 Å². The quantitative estimate of drug-likeness (QED) is 0.911. The van der Waals surface area contributed by atoms with Gasteiger partial charge in [0.2, 0.25) is 0 Å². The number of nitrogen functional groups attached to an aromatic ring is 1. The van der Waals surface area contributed by atoms with Gasteiger partial charge in [-0.1, -0.05) is 18.5 Å². The van der Waals surface area contributed by atoms with Gasteiger partial charge in [-0.15, -0.1) is 11.3 Å². The third-order valence-corrected chi connectivity index (χ3v) is 4.02. The standard InChI is InChI=1S/C12H15ClN4OS/c1-3-8-10(14)11(16-15-8)12(18)17(2)6-7-4-5-9(13)19-7/h4-5H,3,6,14H2,1-2H3,(H,15,16). The summed E-state index contributed by atoms with van der Waals surface area (Å²) in [6, 6.07) is 3.72. The molecule has 1 amide bonds. The Labute approximate surface area is 120 Å². The fourth-order valence-corrected chi connectivity index (χ4v) is 2.88. The summed E-state index contributed by atoms with van der Waals surface area (Å²) in [5.74, 6) is -0.196. The smallest absolute Gasteiger partial charge is 0.276 e. The summed E-state index contributed by atoms with van der Waals surface area (Å²) >= 11 is 7.32. The van der Waals surface area contributed by atoms with E-state index in [0.717, 1.165) is 17.0 Å². The summed E-state index contributed by atoms with van der Waals surface area (Å²) in [5.41, 5.74) is 7.39. The molecule has 0 saturated carbocycles. The largest absolute Gasteiger partial charge is 0.395 e. The van der Waals surface area contributed by atoms with Crippen molar-refractivity contribution in [3.8, 4) is 0 Å². The van der Waals surface area contributed by atoms with Crippen LogP contribution >= 0.6 is 22.9 Å². The van der Waals surface area contributed by atoms with E-state index in [9.17, 15) is 4.79 Å². The minimum Gasteiger partial charge on any atom is -0.395 e. The zero-order chi connectivity index (χ0) is 14.0. The first-order chi connectivity index (χ1) is 9.02. The minimum absolute atomic E-state index is 0.196. The molecule has 0 unspecified atom stereocenters. The molecular formula is C12H15ClN4OS. The second kappa shape index (κ2) is 5.63. The van der Waals surface area contributed by atoms with Crippen molar-refractivity contribution >= 4 is 34.5 Å². The van der Waals surface area contributed by atoms with E-state index in [1.54, 1.807) is 11.9 Å². The number of nitrogens with zero attached hydrogens (tertiary/aromatic N) is 2. The number of rotatable bonds is 4. The molecule has 0 aromatic carbocycles. The molecular weight excluding hydrogens is 284 g/mol. The van der Waals surface area contributed by atoms with E-state index in [-0.39, 0.29) is 11.6 Å². The third kappa shape index (κ3) is 2.90. The van der Waals surface area contributed by atoms with Crippen molar-refractivity contribution in [2.24, 2.45) is 0 Å². The minimum atomic E-state index is -0.196. The van der Waals surface area contributed by atoms with E-state index in [4.69, 9.17) is 17.3 Å². The molecule has 0 atom stereocenters. The zero-order valence-corrected chi connectivity index (χ0v) is 12.3. The second-order valence-corrected chi connectivity index (χ2v) is 5.98. The number of aromatic amines is 1. The lowest BCUT2D eigenvalue weighted by molar-refractivity contribution is 0.0781. The molecule has 0 bridgehead atoms. The molecule has 0 radical (unpaired) electrons. The topological polar surface area (TPSA) is 75.0 Å². The van der Waals surface area contributed by atoms with Crippen LogP contribution in [0.3, 0.4) is 0 Å². The number of nitrogens with two attached hydrogens (primary N) is 1. The lowest BCUT2D eigenvalue weighted by atomic mass is 10.2. The van der Waals surface area contributed by atoms with Crippen molar-refractivity contribution in [2.75, 3.05) is 12.8 Å². The van der Waals surface area contributed by atoms with Gasteiger partial charge < -0.3 is 10.6 Å². The summed E-state index contributed by atoms with van der Waals surface area (Å²) in [7, 11) is 1.72. The molecule has 5 nitrogen and oxygen atoms in total. The zero-order valence-electron chi connectivity index (χ0n) is 10.7. The molecule has 0 aliphatic rings. The molecule has 19 heavy (non-hydrogen) atoms. The summed E-state index contributed by atoms with van der Waals surface area (Å²) in [6.07, 6.45) is 0.719. The second-order valence-electron chi connectivity index (χ2n) is 4.19. The van der Waals surface area contributed by atoms with Crippen molar-refractivity contribution in [2.45, 2.75) is 19.9 Å². The van der Waals surface area contributed by atoms with E-state index < -0.39 is 0 Å². The van der Waals surface area contributed by atoms with Crippen LogP contribution in [0.4, 0.5) is 5.69 Å². The average Bonchev–Trinajstić information content (AvgIpc) is 2.94. The first kappa shape index (κ1) is 13.9. The van der Waals surface area contributed by atoms with Crippen molar-refractivity contribution in [1.82, 2.24) is 15.1 Å². The molecule has 0 fully saturated rings. The van der Waals surface area contributed by atoms with Crippen molar-refractivity contribution in [1.29, 1.82) is 0 Å². The number of halogens is 1. The Morgan fingerprint density at radius 1 is 1.58 bits per heavy atom. The number of nitrogens with one attached hydrogen (secondary N) is 1. The number of thiophene rings is 1. The van der Waals surface area contributed by atoms with Crippen LogP contribution in [-0.2, 0) is 13.0 Å². The maximum Gasteiger partial charge on any atom is 0.276 e. The maximum atomic E-state index is 12.2. The number of hydrogen-bond acceptors (Lipinski definition) is 4. The van der Waals surface area contributed by atoms with Crippen LogP contribution in [0.25, 0.3) is 0 Å². The molecule has 2 heterocycles. The van der Waals surface area contributed by atoms with Gasteiger partial charge in [-0.05, 0) is 18.6 Å². The van der Waals surface area contributed by atoms with E-state index in [1.807, 2.05) is 19.1 Å². The Kier molecular flexibility index (Phi) is 4.11. The van der Waals surface area contributed by atoms with Crippen LogP contribution in [0.15, 0.2) is 12.1 Å². The number of hydrogen-bond donors (Lipinski definition) is 2. The predicted molar refractivity (Wildman–Crippen MR) is 77.5 cm³/mol. The lowest BCUT2D eigenvalue weighted by Crippen LogP contribution is -2.26. The summed E-state index contributed by atoms with van der Waals surface area (Å²) < 4.78 is 0.711. The number of aromatic nitrogens is 2. The van der Waals surface area contributed by atoms with Gasteiger partial charge in [-0.25, -0.2) is 0 Å². The monoisotopic (exact) mass is 298 g/mol. The highest BCUT2D eigenvalue weighted by Crippen LogP contribution is 2.23. The molecule has 0 aliphatic heterocycles. The van der Waals surface area contributed by atoms with Gasteiger partial charge in [0.15, 0.2) is 5.69 Å². The van der Waals surface area contributed by atoms with Gasteiger partial charge in [0.25, 0.3) is 5.91 Å². The Balaban J connectivity index is 2.12. The molecule has 102 valence electrons. The lowest BCUT2D eigenvalue weighted by Gasteiger charge is -2.15. The number of amides is 1. The first-order valence-corrected chi connectivity index (χ1v) is 7.04. The van der Waals surface area contributed by atoms with E-state index in [2.05, 4.69) is 10.2 Å². The normalized spacial score (nSPS) is 10.7. The fraction of sp³-hybridized carbons (Fsp3) is 0.333. The molecule has 0 aliphatic carbocycles.